The second-order valence-electron chi connectivity index (χ2n) is 7.07. The molecule has 1 amide bonds. The van der Waals surface area contributed by atoms with Crippen molar-refractivity contribution in [3.05, 3.63) is 59.7 Å². The van der Waals surface area contributed by atoms with E-state index < -0.39 is 0 Å². The highest BCUT2D eigenvalue weighted by Gasteiger charge is 2.47. The molecule has 2 aliphatic rings. The van der Waals surface area contributed by atoms with Gasteiger partial charge in [0, 0.05) is 30.6 Å². The van der Waals surface area contributed by atoms with Crippen LogP contribution in [-0.4, -0.2) is 38.1 Å². The zero-order valence-electron chi connectivity index (χ0n) is 15.1. The fourth-order valence-corrected chi connectivity index (χ4v) is 4.16. The van der Waals surface area contributed by atoms with Crippen LogP contribution < -0.4 is 14.8 Å². The van der Waals surface area contributed by atoms with Crippen LogP contribution in [0.1, 0.15) is 17.2 Å². The van der Waals surface area contributed by atoms with Crippen molar-refractivity contribution in [1.82, 2.24) is 10.2 Å². The van der Waals surface area contributed by atoms with Crippen LogP contribution in [0, 0.1) is 11.8 Å². The van der Waals surface area contributed by atoms with Gasteiger partial charge in [-0.1, -0.05) is 30.3 Å². The number of nitrogens with one attached hydrogen (secondary N) is 1. The monoisotopic (exact) mass is 352 g/mol. The van der Waals surface area contributed by atoms with Crippen LogP contribution in [-0.2, 0) is 11.3 Å². The summed E-state index contributed by atoms with van der Waals surface area (Å²) in [6.07, 6.45) is 0. The molecule has 0 saturated carbocycles. The first-order valence-corrected chi connectivity index (χ1v) is 9.00. The van der Waals surface area contributed by atoms with Gasteiger partial charge < -0.3 is 14.8 Å². The molecule has 5 heteroatoms. The molecule has 2 aromatic carbocycles. The maximum Gasteiger partial charge on any atom is 0.225 e. The zero-order valence-corrected chi connectivity index (χ0v) is 15.1. The number of methoxy groups -OCH3 is 1. The second-order valence-corrected chi connectivity index (χ2v) is 7.07. The van der Waals surface area contributed by atoms with Gasteiger partial charge >= 0.3 is 0 Å². The highest BCUT2D eigenvalue weighted by Crippen LogP contribution is 2.46. The van der Waals surface area contributed by atoms with E-state index in [4.69, 9.17) is 9.47 Å². The number of amides is 1. The molecule has 0 aliphatic carbocycles. The Morgan fingerprint density at radius 1 is 1.23 bits per heavy atom. The SMILES string of the molecule is COc1ccc(CNC(=O)[C@@H]2CN(C)[C@H]3c4ccccc4OC[C@@H]23)cc1. The maximum absolute atomic E-state index is 12.8. The molecule has 2 aliphatic heterocycles. The average molecular weight is 352 g/mol. The lowest BCUT2D eigenvalue weighted by Crippen LogP contribution is -2.37. The number of likely N-dealkylation sites (tertiary alicyclic amines) is 1. The Hall–Kier alpha value is -2.53. The Bertz CT molecular complexity index is 790. The first kappa shape index (κ1) is 16.9. The normalized spacial score (nSPS) is 24.3. The van der Waals surface area contributed by atoms with Crippen molar-refractivity contribution in [3.8, 4) is 11.5 Å². The lowest BCUT2D eigenvalue weighted by molar-refractivity contribution is -0.126. The summed E-state index contributed by atoms with van der Waals surface area (Å²) in [5, 5.41) is 3.09. The number of carbonyl (C=O) groups excluding carboxylic acids is 1. The van der Waals surface area contributed by atoms with Gasteiger partial charge in [-0.3, -0.25) is 9.69 Å². The smallest absolute Gasteiger partial charge is 0.225 e. The molecule has 2 aromatic rings. The lowest BCUT2D eigenvalue weighted by atomic mass is 9.85. The molecule has 0 radical (unpaired) electrons. The number of benzene rings is 2. The molecule has 1 N–H and O–H groups in total. The van der Waals surface area contributed by atoms with Gasteiger partial charge in [0.15, 0.2) is 0 Å². The summed E-state index contributed by atoms with van der Waals surface area (Å²) in [4.78, 5) is 15.1. The second kappa shape index (κ2) is 7.00. The van der Waals surface area contributed by atoms with Gasteiger partial charge in [-0.05, 0) is 30.8 Å². The molecule has 4 rings (SSSR count). The Morgan fingerprint density at radius 3 is 2.77 bits per heavy atom. The van der Waals surface area contributed by atoms with Crippen LogP contribution in [0.25, 0.3) is 0 Å². The minimum Gasteiger partial charge on any atom is -0.497 e. The van der Waals surface area contributed by atoms with Gasteiger partial charge in [-0.25, -0.2) is 0 Å². The Balaban J connectivity index is 1.44. The minimum absolute atomic E-state index is 0.0587. The highest BCUT2D eigenvalue weighted by atomic mass is 16.5. The Kier molecular flexibility index (Phi) is 4.55. The van der Waals surface area contributed by atoms with Crippen molar-refractivity contribution in [3.63, 3.8) is 0 Å². The predicted octanol–water partition coefficient (Wildman–Crippen LogP) is 2.62. The number of fused-ring (bicyclic) bond motifs is 3. The van der Waals surface area contributed by atoms with Crippen LogP contribution in [0.4, 0.5) is 0 Å². The molecule has 0 unspecified atom stereocenters. The molecule has 0 bridgehead atoms. The highest BCUT2D eigenvalue weighted by molar-refractivity contribution is 5.80. The van der Waals surface area contributed by atoms with E-state index in [0.29, 0.717) is 13.2 Å². The van der Waals surface area contributed by atoms with Crippen LogP contribution in [0.3, 0.4) is 0 Å². The van der Waals surface area contributed by atoms with Crippen molar-refractivity contribution in [2.75, 3.05) is 27.3 Å². The van der Waals surface area contributed by atoms with E-state index in [1.807, 2.05) is 42.5 Å². The summed E-state index contributed by atoms with van der Waals surface area (Å²) >= 11 is 0. The molecule has 1 saturated heterocycles. The van der Waals surface area contributed by atoms with E-state index in [1.54, 1.807) is 7.11 Å². The van der Waals surface area contributed by atoms with Gasteiger partial charge in [0.05, 0.1) is 19.6 Å². The number of nitrogens with zero attached hydrogens (tertiary/aromatic N) is 1. The van der Waals surface area contributed by atoms with Gasteiger partial charge in [-0.15, -0.1) is 0 Å². The first-order chi connectivity index (χ1) is 12.7. The largest absolute Gasteiger partial charge is 0.497 e. The van der Waals surface area contributed by atoms with Crippen LogP contribution in [0.15, 0.2) is 48.5 Å². The molecule has 3 atom stereocenters. The van der Waals surface area contributed by atoms with E-state index in [2.05, 4.69) is 23.3 Å². The topological polar surface area (TPSA) is 50.8 Å². The van der Waals surface area contributed by atoms with E-state index in [0.717, 1.165) is 23.6 Å². The predicted molar refractivity (Wildman–Crippen MR) is 99.1 cm³/mol. The fourth-order valence-electron chi connectivity index (χ4n) is 4.16. The van der Waals surface area contributed by atoms with Crippen molar-refractivity contribution in [2.45, 2.75) is 12.6 Å². The van der Waals surface area contributed by atoms with Crippen molar-refractivity contribution >= 4 is 5.91 Å². The Labute approximate surface area is 153 Å². The molecular weight excluding hydrogens is 328 g/mol. The van der Waals surface area contributed by atoms with Gasteiger partial charge in [-0.2, -0.15) is 0 Å². The molecule has 5 nitrogen and oxygen atoms in total. The van der Waals surface area contributed by atoms with E-state index in [1.165, 1.54) is 5.56 Å². The summed E-state index contributed by atoms with van der Waals surface area (Å²) in [5.74, 6) is 1.99. The molecule has 136 valence electrons. The van der Waals surface area contributed by atoms with Crippen molar-refractivity contribution in [2.24, 2.45) is 11.8 Å². The van der Waals surface area contributed by atoms with E-state index in [9.17, 15) is 4.79 Å². The number of para-hydroxylation sites is 1. The third kappa shape index (κ3) is 3.03. The standard InChI is InChI=1S/C21H24N2O3/c1-23-12-17(18-13-26-19-6-4-3-5-16(19)20(18)23)21(24)22-11-14-7-9-15(25-2)10-8-14/h3-10,17-18,20H,11-13H2,1-2H3,(H,22,24)/t17-,18+,20+/m1/s1. The zero-order chi connectivity index (χ0) is 18.1. The van der Waals surface area contributed by atoms with Gasteiger partial charge in [0.1, 0.15) is 11.5 Å². The minimum atomic E-state index is -0.0587. The molecule has 26 heavy (non-hydrogen) atoms. The molecular formula is C21H24N2O3. The fraction of sp³-hybridized carbons (Fsp3) is 0.381. The molecule has 1 fully saturated rings. The number of ether oxygens (including phenoxy) is 2. The van der Waals surface area contributed by atoms with Crippen LogP contribution in [0.5, 0.6) is 11.5 Å². The van der Waals surface area contributed by atoms with Crippen LogP contribution >= 0.6 is 0 Å². The third-order valence-electron chi connectivity index (χ3n) is 5.51. The number of hydrogen-bond donors (Lipinski definition) is 1. The average Bonchev–Trinajstić information content (AvgIpc) is 3.03. The van der Waals surface area contributed by atoms with Gasteiger partial charge in [0.2, 0.25) is 5.91 Å². The quantitative estimate of drug-likeness (QED) is 0.919. The Morgan fingerprint density at radius 2 is 2.00 bits per heavy atom. The van der Waals surface area contributed by atoms with Gasteiger partial charge in [0.25, 0.3) is 0 Å². The summed E-state index contributed by atoms with van der Waals surface area (Å²) in [7, 11) is 3.74. The molecule has 2 heterocycles. The summed E-state index contributed by atoms with van der Waals surface area (Å²) < 4.78 is 11.1. The number of carbonyl (C=O) groups is 1. The number of hydrogen-bond acceptors (Lipinski definition) is 4. The van der Waals surface area contributed by atoms with Crippen molar-refractivity contribution < 1.29 is 14.3 Å². The first-order valence-electron chi connectivity index (χ1n) is 9.00. The number of rotatable bonds is 4. The molecule has 0 spiro atoms. The summed E-state index contributed by atoms with van der Waals surface area (Å²) in [5.41, 5.74) is 2.25. The summed E-state index contributed by atoms with van der Waals surface area (Å²) in [6, 6.07) is 16.2. The maximum atomic E-state index is 12.8. The van der Waals surface area contributed by atoms with E-state index in [-0.39, 0.29) is 23.8 Å². The molecule has 0 aromatic heterocycles. The third-order valence-corrected chi connectivity index (χ3v) is 5.51. The van der Waals surface area contributed by atoms with E-state index >= 15 is 0 Å². The summed E-state index contributed by atoms with van der Waals surface area (Å²) in [6.45, 7) is 1.87. The van der Waals surface area contributed by atoms with Crippen LogP contribution in [0.2, 0.25) is 0 Å². The van der Waals surface area contributed by atoms with Crippen molar-refractivity contribution in [1.29, 1.82) is 0 Å². The lowest BCUT2D eigenvalue weighted by Gasteiger charge is -2.32.